The predicted molar refractivity (Wildman–Crippen MR) is 106 cm³/mol. The second kappa shape index (κ2) is 7.31. The van der Waals surface area contributed by atoms with E-state index in [0.29, 0.717) is 18.8 Å². The predicted octanol–water partition coefficient (Wildman–Crippen LogP) is 0.989. The lowest BCUT2D eigenvalue weighted by atomic mass is 10.1. The van der Waals surface area contributed by atoms with E-state index in [9.17, 15) is 4.79 Å². The monoisotopic (exact) mass is 374 g/mol. The van der Waals surface area contributed by atoms with E-state index in [1.165, 1.54) is 0 Å². The summed E-state index contributed by atoms with van der Waals surface area (Å²) in [5.74, 6) is -0.0287. The number of hydrogen-bond donors (Lipinski definition) is 2. The number of para-hydroxylation sites is 1. The van der Waals surface area contributed by atoms with Crippen LogP contribution in [0.4, 0.5) is 5.69 Å². The minimum absolute atomic E-state index is 0.0287. The number of nitrogens with two attached hydrogens (primary N) is 2. The van der Waals surface area contributed by atoms with Gasteiger partial charge in [-0.3, -0.25) is 9.78 Å². The van der Waals surface area contributed by atoms with Gasteiger partial charge in [0.1, 0.15) is 0 Å². The first-order valence-corrected chi connectivity index (χ1v) is 8.60. The lowest BCUT2D eigenvalue weighted by Crippen LogP contribution is -2.23. The molecule has 4 N–H and O–H groups in total. The Morgan fingerprint density at radius 1 is 1.04 bits per heavy atom. The van der Waals surface area contributed by atoms with E-state index >= 15 is 0 Å². The van der Waals surface area contributed by atoms with Crippen LogP contribution in [0.15, 0.2) is 70.8 Å². The molecule has 140 valence electrons. The van der Waals surface area contributed by atoms with Crippen molar-refractivity contribution in [1.82, 2.24) is 24.5 Å². The molecule has 0 bridgehead atoms. The van der Waals surface area contributed by atoms with Crippen LogP contribution in [0, 0.1) is 0 Å². The van der Waals surface area contributed by atoms with Gasteiger partial charge in [0.2, 0.25) is 0 Å². The van der Waals surface area contributed by atoms with Crippen molar-refractivity contribution in [3.63, 3.8) is 0 Å². The molecule has 0 saturated carbocycles. The first-order chi connectivity index (χ1) is 13.6. The molecule has 0 atom stereocenters. The molecule has 0 aliphatic rings. The minimum atomic E-state index is -0.115. The van der Waals surface area contributed by atoms with Gasteiger partial charge in [0, 0.05) is 11.5 Å². The number of guanidine groups is 1. The lowest BCUT2D eigenvalue weighted by molar-refractivity contribution is 0.592. The Balaban J connectivity index is 1.72. The summed E-state index contributed by atoms with van der Waals surface area (Å²) in [5, 5.41) is 9.22. The Morgan fingerprint density at radius 3 is 2.54 bits per heavy atom. The van der Waals surface area contributed by atoms with Crippen LogP contribution in [-0.2, 0) is 13.1 Å². The standard InChI is InChI=1S/C19H18N8O/c20-19(21)25-14-5-6-15(22-10-14)12-26-17-4-2-1-3-16(17)13(9-18(26)28)11-27-23-7-8-24-27/h1-10H,11-12H2,(H4,20,21,25). The molecule has 4 rings (SSSR count). The summed E-state index contributed by atoms with van der Waals surface area (Å²) < 4.78 is 1.69. The maximum Gasteiger partial charge on any atom is 0.251 e. The number of aromatic nitrogens is 5. The van der Waals surface area contributed by atoms with Gasteiger partial charge in [0.15, 0.2) is 5.96 Å². The highest BCUT2D eigenvalue weighted by Gasteiger charge is 2.11. The molecule has 9 heteroatoms. The third-order valence-electron chi connectivity index (χ3n) is 4.27. The second-order valence-corrected chi connectivity index (χ2v) is 6.21. The van der Waals surface area contributed by atoms with Gasteiger partial charge in [0.25, 0.3) is 5.56 Å². The maximum atomic E-state index is 12.8. The molecule has 4 aromatic rings. The normalized spacial score (nSPS) is 10.9. The van der Waals surface area contributed by atoms with Crippen molar-refractivity contribution in [3.8, 4) is 0 Å². The molecule has 0 radical (unpaired) electrons. The van der Waals surface area contributed by atoms with Crippen LogP contribution in [0.3, 0.4) is 0 Å². The van der Waals surface area contributed by atoms with Gasteiger partial charge in [0.05, 0.1) is 48.6 Å². The molecule has 0 fully saturated rings. The Bertz CT molecular complexity index is 1190. The highest BCUT2D eigenvalue weighted by atomic mass is 16.1. The molecule has 9 nitrogen and oxygen atoms in total. The van der Waals surface area contributed by atoms with E-state index in [-0.39, 0.29) is 11.5 Å². The molecule has 0 spiro atoms. The molecule has 0 aliphatic carbocycles. The van der Waals surface area contributed by atoms with Crippen LogP contribution in [0.5, 0.6) is 0 Å². The number of pyridine rings is 2. The molecular weight excluding hydrogens is 356 g/mol. The highest BCUT2D eigenvalue weighted by Crippen LogP contribution is 2.19. The topological polar surface area (TPSA) is 130 Å². The molecule has 0 saturated heterocycles. The van der Waals surface area contributed by atoms with Crippen molar-refractivity contribution in [1.29, 1.82) is 0 Å². The Kier molecular flexibility index (Phi) is 4.55. The smallest absolute Gasteiger partial charge is 0.251 e. The van der Waals surface area contributed by atoms with E-state index < -0.39 is 0 Å². The fourth-order valence-corrected chi connectivity index (χ4v) is 3.06. The fourth-order valence-electron chi connectivity index (χ4n) is 3.06. The quantitative estimate of drug-likeness (QED) is 0.396. The number of nitrogens with zero attached hydrogens (tertiary/aromatic N) is 6. The maximum absolute atomic E-state index is 12.8. The fraction of sp³-hybridized carbons (Fsp3) is 0.105. The van der Waals surface area contributed by atoms with E-state index in [4.69, 9.17) is 11.5 Å². The highest BCUT2D eigenvalue weighted by molar-refractivity contribution is 5.82. The van der Waals surface area contributed by atoms with Crippen molar-refractivity contribution in [2.75, 3.05) is 0 Å². The Morgan fingerprint density at radius 2 is 1.82 bits per heavy atom. The van der Waals surface area contributed by atoms with Crippen molar-refractivity contribution in [3.05, 3.63) is 82.7 Å². The Labute approximate surface area is 160 Å². The van der Waals surface area contributed by atoms with Crippen LogP contribution in [0.25, 0.3) is 10.9 Å². The zero-order valence-electron chi connectivity index (χ0n) is 14.9. The van der Waals surface area contributed by atoms with E-state index in [1.807, 2.05) is 24.3 Å². The van der Waals surface area contributed by atoms with Crippen LogP contribution in [0.1, 0.15) is 11.3 Å². The number of rotatable bonds is 5. The summed E-state index contributed by atoms with van der Waals surface area (Å²) in [6, 6.07) is 12.9. The van der Waals surface area contributed by atoms with Gasteiger partial charge in [-0.05, 0) is 23.8 Å². The van der Waals surface area contributed by atoms with Crippen molar-refractivity contribution >= 4 is 22.5 Å². The first-order valence-electron chi connectivity index (χ1n) is 8.60. The third-order valence-corrected chi connectivity index (χ3v) is 4.27. The third kappa shape index (κ3) is 3.58. The van der Waals surface area contributed by atoms with Crippen LogP contribution in [0.2, 0.25) is 0 Å². The summed E-state index contributed by atoms with van der Waals surface area (Å²) in [6.07, 6.45) is 4.79. The van der Waals surface area contributed by atoms with Crippen LogP contribution >= 0.6 is 0 Å². The number of hydrogen-bond acceptors (Lipinski definition) is 5. The van der Waals surface area contributed by atoms with Gasteiger partial charge < -0.3 is 16.0 Å². The first kappa shape index (κ1) is 17.4. The van der Waals surface area contributed by atoms with Crippen molar-refractivity contribution in [2.45, 2.75) is 13.1 Å². The molecular formula is C19H18N8O. The molecule has 1 aromatic carbocycles. The summed E-state index contributed by atoms with van der Waals surface area (Å²) in [7, 11) is 0. The zero-order chi connectivity index (χ0) is 19.5. The molecule has 0 aliphatic heterocycles. The average Bonchev–Trinajstić information content (AvgIpc) is 3.19. The molecule has 0 amide bonds. The molecule has 0 unspecified atom stereocenters. The van der Waals surface area contributed by atoms with Crippen molar-refractivity contribution in [2.24, 2.45) is 16.5 Å². The summed E-state index contributed by atoms with van der Waals surface area (Å²) >= 11 is 0. The van der Waals surface area contributed by atoms with Crippen LogP contribution < -0.4 is 17.0 Å². The largest absolute Gasteiger partial charge is 0.370 e. The average molecular weight is 374 g/mol. The van der Waals surface area contributed by atoms with Gasteiger partial charge in [-0.25, -0.2) is 4.99 Å². The molecule has 3 aromatic heterocycles. The summed E-state index contributed by atoms with van der Waals surface area (Å²) in [5.41, 5.74) is 13.6. The second-order valence-electron chi connectivity index (χ2n) is 6.21. The van der Waals surface area contributed by atoms with Gasteiger partial charge >= 0.3 is 0 Å². The van der Waals surface area contributed by atoms with Crippen molar-refractivity contribution < 1.29 is 0 Å². The summed E-state index contributed by atoms with van der Waals surface area (Å²) in [4.78, 5) is 22.7. The van der Waals surface area contributed by atoms with E-state index in [1.54, 1.807) is 46.2 Å². The molecule has 28 heavy (non-hydrogen) atoms. The number of aliphatic imine (C=N–C) groups is 1. The zero-order valence-corrected chi connectivity index (χ0v) is 14.9. The van der Waals surface area contributed by atoms with E-state index in [2.05, 4.69) is 20.2 Å². The van der Waals surface area contributed by atoms with Gasteiger partial charge in [-0.1, -0.05) is 18.2 Å². The number of benzene rings is 1. The Hall–Kier alpha value is -4.01. The summed E-state index contributed by atoms with van der Waals surface area (Å²) in [6.45, 7) is 0.761. The van der Waals surface area contributed by atoms with Gasteiger partial charge in [-0.2, -0.15) is 15.0 Å². The SMILES string of the molecule is NC(N)=Nc1ccc(Cn2c(=O)cc(Cn3nccn3)c3ccccc32)nc1. The lowest BCUT2D eigenvalue weighted by Gasteiger charge is -2.13. The number of fused-ring (bicyclic) bond motifs is 1. The minimum Gasteiger partial charge on any atom is -0.370 e. The molecule has 3 heterocycles. The van der Waals surface area contributed by atoms with E-state index in [0.717, 1.165) is 22.2 Å². The van der Waals surface area contributed by atoms with Gasteiger partial charge in [-0.15, -0.1) is 0 Å². The van der Waals surface area contributed by atoms with Crippen LogP contribution in [-0.4, -0.2) is 30.5 Å².